The van der Waals surface area contributed by atoms with Gasteiger partial charge < -0.3 is 0 Å². The fourth-order valence-electron chi connectivity index (χ4n) is 2.96. The highest BCUT2D eigenvalue weighted by atomic mass is 16.2. The lowest BCUT2D eigenvalue weighted by Crippen LogP contribution is -2.26. The molecule has 4 heteroatoms. The van der Waals surface area contributed by atoms with Crippen molar-refractivity contribution in [3.8, 4) is 0 Å². The second kappa shape index (κ2) is 7.36. The Bertz CT molecular complexity index is 642. The molecule has 23 heavy (non-hydrogen) atoms. The number of aromatic nitrogens is 1. The van der Waals surface area contributed by atoms with Gasteiger partial charge in [-0.25, -0.2) is 5.43 Å². The average molecular weight is 311 g/mol. The van der Waals surface area contributed by atoms with Crippen LogP contribution in [0.3, 0.4) is 0 Å². The van der Waals surface area contributed by atoms with Crippen molar-refractivity contribution in [1.29, 1.82) is 0 Å². The van der Waals surface area contributed by atoms with Crippen molar-refractivity contribution in [3.63, 3.8) is 0 Å². The van der Waals surface area contributed by atoms with E-state index >= 15 is 0 Å². The number of carbonyl (C=O) groups is 1. The van der Waals surface area contributed by atoms with E-state index in [1.807, 2.05) is 13.0 Å². The molecule has 0 fully saturated rings. The molecule has 0 saturated heterocycles. The zero-order chi connectivity index (χ0) is 16.9. The first kappa shape index (κ1) is 17.1. The van der Waals surface area contributed by atoms with Crippen molar-refractivity contribution in [2.75, 3.05) is 0 Å². The largest absolute Gasteiger partial charge is 0.271 e. The van der Waals surface area contributed by atoms with Crippen LogP contribution < -0.4 is 5.43 Å². The van der Waals surface area contributed by atoms with Crippen molar-refractivity contribution in [3.05, 3.63) is 53.9 Å². The highest BCUT2D eigenvalue weighted by molar-refractivity contribution is 5.97. The molecule has 4 nitrogen and oxygen atoms in total. The summed E-state index contributed by atoms with van der Waals surface area (Å²) in [5.41, 5.74) is 5.57. The minimum Gasteiger partial charge on any atom is -0.267 e. The van der Waals surface area contributed by atoms with Gasteiger partial charge in [0.1, 0.15) is 0 Å². The van der Waals surface area contributed by atoms with E-state index in [-0.39, 0.29) is 11.3 Å². The predicted molar refractivity (Wildman–Crippen MR) is 94.2 cm³/mol. The maximum Gasteiger partial charge on any atom is 0.271 e. The van der Waals surface area contributed by atoms with Gasteiger partial charge in [0.05, 0.1) is 5.71 Å². The Kier molecular flexibility index (Phi) is 5.48. The van der Waals surface area contributed by atoms with Crippen LogP contribution in [0.15, 0.2) is 53.4 Å². The van der Waals surface area contributed by atoms with Crippen LogP contribution in [0.2, 0.25) is 0 Å². The zero-order valence-corrected chi connectivity index (χ0v) is 14.3. The van der Waals surface area contributed by atoms with E-state index in [9.17, 15) is 4.79 Å². The van der Waals surface area contributed by atoms with Crippen LogP contribution >= 0.6 is 0 Å². The van der Waals surface area contributed by atoms with Gasteiger partial charge in [0.15, 0.2) is 0 Å². The number of amides is 1. The first-order valence-corrected chi connectivity index (χ1v) is 7.99. The number of hydrogen-bond acceptors (Lipinski definition) is 3. The molecule has 1 unspecified atom stereocenters. The molecule has 0 aromatic carbocycles. The smallest absolute Gasteiger partial charge is 0.267 e. The number of pyridine rings is 1. The van der Waals surface area contributed by atoms with Gasteiger partial charge in [-0.1, -0.05) is 31.6 Å². The lowest BCUT2D eigenvalue weighted by molar-refractivity contribution is 0.0954. The van der Waals surface area contributed by atoms with E-state index in [0.717, 1.165) is 12.1 Å². The summed E-state index contributed by atoms with van der Waals surface area (Å²) >= 11 is 0. The van der Waals surface area contributed by atoms with Crippen LogP contribution in [-0.2, 0) is 0 Å². The maximum atomic E-state index is 11.9. The van der Waals surface area contributed by atoms with Gasteiger partial charge in [-0.3, -0.25) is 9.78 Å². The van der Waals surface area contributed by atoms with Crippen LogP contribution in [0.5, 0.6) is 0 Å². The zero-order valence-electron chi connectivity index (χ0n) is 14.3. The van der Waals surface area contributed by atoms with Crippen LogP contribution in [0.1, 0.15) is 50.9 Å². The molecule has 122 valence electrons. The third-order valence-electron chi connectivity index (χ3n) is 4.39. The Balaban J connectivity index is 2.00. The monoisotopic (exact) mass is 311 g/mol. The lowest BCUT2D eigenvalue weighted by atomic mass is 9.68. The minimum atomic E-state index is -0.228. The van der Waals surface area contributed by atoms with Gasteiger partial charge in [-0.2, -0.15) is 5.10 Å². The quantitative estimate of drug-likeness (QED) is 0.516. The summed E-state index contributed by atoms with van der Waals surface area (Å²) in [6.07, 6.45) is 12.0. The Labute approximate surface area is 138 Å². The molecular weight excluding hydrogens is 286 g/mol. The van der Waals surface area contributed by atoms with Crippen molar-refractivity contribution in [1.82, 2.24) is 10.4 Å². The number of rotatable bonds is 4. The van der Waals surface area contributed by atoms with Crippen molar-refractivity contribution in [2.45, 2.75) is 40.5 Å². The fourth-order valence-corrected chi connectivity index (χ4v) is 2.96. The molecule has 1 atom stereocenters. The molecule has 2 rings (SSSR count). The van der Waals surface area contributed by atoms with Crippen LogP contribution in [0.4, 0.5) is 0 Å². The Morgan fingerprint density at radius 2 is 2.09 bits per heavy atom. The Hall–Kier alpha value is -2.23. The minimum absolute atomic E-state index is 0.228. The van der Waals surface area contributed by atoms with E-state index in [2.05, 4.69) is 48.4 Å². The summed E-state index contributed by atoms with van der Waals surface area (Å²) in [6.45, 7) is 8.68. The van der Waals surface area contributed by atoms with Crippen molar-refractivity contribution < 1.29 is 4.79 Å². The molecule has 1 amide bonds. The van der Waals surface area contributed by atoms with Crippen LogP contribution in [0.25, 0.3) is 0 Å². The second-order valence-electron chi connectivity index (χ2n) is 6.74. The standard InChI is InChI=1S/C19H25N3O/c1-14-6-5-11-19(3,4)17(14)8-7-15(2)21-22-18(23)16-9-12-20-13-10-16/h6-10,12-13,17H,5,11H2,1-4H3,(H,22,23). The van der Waals surface area contributed by atoms with Gasteiger partial charge in [-0.15, -0.1) is 0 Å². The van der Waals surface area contributed by atoms with E-state index in [4.69, 9.17) is 0 Å². The molecule has 1 heterocycles. The van der Waals surface area contributed by atoms with Crippen molar-refractivity contribution in [2.24, 2.45) is 16.4 Å². The van der Waals surface area contributed by atoms with Gasteiger partial charge in [-0.05, 0) is 50.3 Å². The predicted octanol–water partition coefficient (Wildman–Crippen LogP) is 4.13. The molecular formula is C19H25N3O. The molecule has 1 aliphatic carbocycles. The average Bonchev–Trinajstić information content (AvgIpc) is 2.52. The third kappa shape index (κ3) is 4.62. The third-order valence-corrected chi connectivity index (χ3v) is 4.39. The SMILES string of the molecule is CC1=CCCC(C)(C)C1C=CC(C)=NNC(=O)c1ccncc1. The molecule has 0 bridgehead atoms. The van der Waals surface area contributed by atoms with E-state index in [1.54, 1.807) is 24.5 Å². The molecule has 0 saturated carbocycles. The van der Waals surface area contributed by atoms with Crippen LogP contribution in [0, 0.1) is 11.3 Å². The van der Waals surface area contributed by atoms with Gasteiger partial charge in [0.2, 0.25) is 0 Å². The van der Waals surface area contributed by atoms with Crippen LogP contribution in [-0.4, -0.2) is 16.6 Å². The Morgan fingerprint density at radius 1 is 1.39 bits per heavy atom. The normalized spacial score (nSPS) is 21.1. The van der Waals surface area contributed by atoms with Crippen molar-refractivity contribution >= 4 is 11.6 Å². The summed E-state index contributed by atoms with van der Waals surface area (Å²) < 4.78 is 0. The second-order valence-corrected chi connectivity index (χ2v) is 6.74. The molecule has 1 N–H and O–H groups in total. The Morgan fingerprint density at radius 3 is 2.74 bits per heavy atom. The molecule has 0 radical (unpaired) electrons. The molecule has 1 aromatic heterocycles. The fraction of sp³-hybridized carbons (Fsp3) is 0.421. The summed E-state index contributed by atoms with van der Waals surface area (Å²) in [6, 6.07) is 3.32. The molecule has 0 aliphatic heterocycles. The first-order valence-electron chi connectivity index (χ1n) is 7.99. The van der Waals surface area contributed by atoms with E-state index in [0.29, 0.717) is 11.5 Å². The highest BCUT2D eigenvalue weighted by Crippen LogP contribution is 2.41. The first-order chi connectivity index (χ1) is 10.9. The highest BCUT2D eigenvalue weighted by Gasteiger charge is 2.30. The molecule has 0 spiro atoms. The number of hydrogen-bond donors (Lipinski definition) is 1. The van der Waals surface area contributed by atoms with E-state index in [1.165, 1.54) is 12.0 Å². The summed E-state index contributed by atoms with van der Waals surface area (Å²) in [7, 11) is 0. The molecule has 1 aromatic rings. The number of nitrogens with one attached hydrogen (secondary N) is 1. The topological polar surface area (TPSA) is 54.4 Å². The lowest BCUT2D eigenvalue weighted by Gasteiger charge is -2.36. The maximum absolute atomic E-state index is 11.9. The van der Waals surface area contributed by atoms with E-state index < -0.39 is 0 Å². The summed E-state index contributed by atoms with van der Waals surface area (Å²) in [5, 5.41) is 4.15. The number of nitrogens with zero attached hydrogens (tertiary/aromatic N) is 2. The number of carbonyl (C=O) groups excluding carboxylic acids is 1. The van der Waals surface area contributed by atoms with Gasteiger partial charge >= 0.3 is 0 Å². The van der Waals surface area contributed by atoms with Gasteiger partial charge in [0.25, 0.3) is 5.91 Å². The number of allylic oxidation sites excluding steroid dienone is 4. The van der Waals surface area contributed by atoms with Gasteiger partial charge in [0, 0.05) is 23.9 Å². The number of hydrazone groups is 1. The summed E-state index contributed by atoms with van der Waals surface area (Å²) in [5.74, 6) is 0.187. The molecule has 1 aliphatic rings. The summed E-state index contributed by atoms with van der Waals surface area (Å²) in [4.78, 5) is 15.8.